The molecule has 0 aliphatic rings. The van der Waals surface area contributed by atoms with Gasteiger partial charge in [0.1, 0.15) is 13.2 Å². The molecule has 6 heteroatoms. The highest BCUT2D eigenvalue weighted by molar-refractivity contribution is 5.71. The van der Waals surface area contributed by atoms with Crippen LogP contribution in [0.2, 0.25) is 0 Å². The predicted molar refractivity (Wildman–Crippen MR) is 269 cm³/mol. The molecule has 0 spiro atoms. The molecule has 0 aliphatic carbocycles. The van der Waals surface area contributed by atoms with Crippen LogP contribution in [0.15, 0.2) is 146 Å². The van der Waals surface area contributed by atoms with Crippen molar-refractivity contribution < 1.29 is 28.6 Å². The zero-order valence-electron chi connectivity index (χ0n) is 39.8. The van der Waals surface area contributed by atoms with Gasteiger partial charge in [-0.05, 0) is 77.0 Å². The first-order chi connectivity index (χ1) is 31.0. The summed E-state index contributed by atoms with van der Waals surface area (Å²) in [5, 5.41) is 0. The number of rotatable bonds is 41. The summed E-state index contributed by atoms with van der Waals surface area (Å²) in [7, 11) is 0. The fourth-order valence-corrected chi connectivity index (χ4v) is 5.93. The van der Waals surface area contributed by atoms with Gasteiger partial charge in [0.15, 0.2) is 6.10 Å². The fraction of sp³-hybridized carbons (Fsp3) is 0.526. The lowest BCUT2D eigenvalue weighted by molar-refractivity contribution is -0.167. The van der Waals surface area contributed by atoms with Gasteiger partial charge in [-0.2, -0.15) is 0 Å². The first-order valence-corrected chi connectivity index (χ1v) is 24.4. The summed E-state index contributed by atoms with van der Waals surface area (Å²) in [4.78, 5) is 37.8. The summed E-state index contributed by atoms with van der Waals surface area (Å²) < 4.78 is 16.6. The summed E-state index contributed by atoms with van der Waals surface area (Å²) in [6, 6.07) is 0. The van der Waals surface area contributed by atoms with Crippen molar-refractivity contribution in [1.82, 2.24) is 0 Å². The quantitative estimate of drug-likeness (QED) is 0.0200. The summed E-state index contributed by atoms with van der Waals surface area (Å²) in [6.07, 6.45) is 71.2. The Bertz CT molecular complexity index is 1460. The number of carbonyl (C=O) groups excluding carboxylic acids is 3. The average Bonchev–Trinajstić information content (AvgIpc) is 3.28. The minimum atomic E-state index is -0.830. The molecule has 0 aromatic rings. The van der Waals surface area contributed by atoms with Crippen molar-refractivity contribution in [3.05, 3.63) is 146 Å². The Morgan fingerprint density at radius 3 is 1.19 bits per heavy atom. The van der Waals surface area contributed by atoms with E-state index in [1.165, 1.54) is 38.5 Å². The third kappa shape index (κ3) is 48.2. The molecule has 0 rings (SSSR count). The Labute approximate surface area is 385 Å². The molecule has 0 N–H and O–H groups in total. The van der Waals surface area contributed by atoms with E-state index in [4.69, 9.17) is 14.2 Å². The van der Waals surface area contributed by atoms with Crippen LogP contribution in [0.5, 0.6) is 0 Å². The normalized spacial score (nSPS) is 13.4. The summed E-state index contributed by atoms with van der Waals surface area (Å²) in [5.74, 6) is -1.04. The van der Waals surface area contributed by atoms with Gasteiger partial charge in [-0.3, -0.25) is 14.4 Å². The maximum absolute atomic E-state index is 12.7. The number of esters is 3. The zero-order chi connectivity index (χ0) is 45.8. The summed E-state index contributed by atoms with van der Waals surface area (Å²) >= 11 is 0. The van der Waals surface area contributed by atoms with E-state index in [-0.39, 0.29) is 44.0 Å². The third-order valence-electron chi connectivity index (χ3n) is 9.53. The number of allylic oxidation sites excluding steroid dienone is 24. The Balaban J connectivity index is 4.58. The molecule has 0 aromatic heterocycles. The van der Waals surface area contributed by atoms with E-state index in [9.17, 15) is 14.4 Å². The van der Waals surface area contributed by atoms with Crippen LogP contribution in [-0.2, 0) is 28.6 Å². The molecule has 63 heavy (non-hydrogen) atoms. The van der Waals surface area contributed by atoms with Crippen LogP contribution in [0.4, 0.5) is 0 Å². The molecule has 1 unspecified atom stereocenters. The zero-order valence-corrected chi connectivity index (χ0v) is 39.8. The average molecular weight is 867 g/mol. The van der Waals surface area contributed by atoms with Gasteiger partial charge in [0.2, 0.25) is 0 Å². The standard InChI is InChI=1S/C57H86O6/c1-4-7-10-13-16-19-21-23-25-27-28-30-31-33-35-38-41-44-47-50-56(59)62-53-54(52-61-55(58)49-46-43-40-37-18-15-12-9-6-3)63-57(60)51-48-45-42-39-36-34-32-29-26-24-22-20-17-14-11-8-5-2/h7-8,10-11,13,16-17,19-21,23-28,30-35,39,42,54H,4-6,9,12,14-15,18,22,29,36-38,40-41,43-53H2,1-3H3/b10-7-,11-8-,16-13-,20-17-,21-19-,25-23-,26-24-,28-27+,31-30-,34-32-,35-33-,42-39-. The lowest BCUT2D eigenvalue weighted by atomic mass is 10.1. The predicted octanol–water partition coefficient (Wildman–Crippen LogP) is 16.1. The Hall–Kier alpha value is -4.71. The van der Waals surface area contributed by atoms with Crippen molar-refractivity contribution in [1.29, 1.82) is 0 Å². The highest BCUT2D eigenvalue weighted by atomic mass is 16.6. The molecular formula is C57H86O6. The molecule has 6 nitrogen and oxygen atoms in total. The Morgan fingerprint density at radius 1 is 0.349 bits per heavy atom. The number of carbonyl (C=O) groups is 3. The largest absolute Gasteiger partial charge is 0.462 e. The SMILES string of the molecule is CC\C=C/C=C\C=C/C=C\C=C\C=C/C=C\CCCCCC(=O)OCC(COC(=O)CCCCCCCCCCC)OC(=O)CCC/C=C\C/C=C\C/C=C\C/C=C\C/C=C\CC. The smallest absolute Gasteiger partial charge is 0.306 e. The molecular weight excluding hydrogens is 781 g/mol. The number of hydrogen-bond acceptors (Lipinski definition) is 6. The van der Waals surface area contributed by atoms with E-state index in [1.54, 1.807) is 0 Å². The maximum Gasteiger partial charge on any atom is 0.306 e. The molecule has 0 saturated heterocycles. The molecule has 0 radical (unpaired) electrons. The lowest BCUT2D eigenvalue weighted by Crippen LogP contribution is -2.30. The second-order valence-electron chi connectivity index (χ2n) is 15.4. The monoisotopic (exact) mass is 867 g/mol. The van der Waals surface area contributed by atoms with E-state index >= 15 is 0 Å². The van der Waals surface area contributed by atoms with E-state index in [0.29, 0.717) is 19.3 Å². The van der Waals surface area contributed by atoms with Crippen LogP contribution >= 0.6 is 0 Å². The molecule has 0 amide bonds. The van der Waals surface area contributed by atoms with E-state index in [0.717, 1.165) is 83.5 Å². The van der Waals surface area contributed by atoms with Gasteiger partial charge in [0.25, 0.3) is 0 Å². The van der Waals surface area contributed by atoms with Crippen LogP contribution < -0.4 is 0 Å². The van der Waals surface area contributed by atoms with Gasteiger partial charge < -0.3 is 14.2 Å². The van der Waals surface area contributed by atoms with Crippen molar-refractivity contribution in [2.45, 2.75) is 181 Å². The number of ether oxygens (including phenoxy) is 3. The van der Waals surface area contributed by atoms with Gasteiger partial charge in [0.05, 0.1) is 0 Å². The number of unbranched alkanes of at least 4 members (excludes halogenated alkanes) is 12. The minimum absolute atomic E-state index is 0.121. The van der Waals surface area contributed by atoms with Crippen molar-refractivity contribution in [3.8, 4) is 0 Å². The Morgan fingerprint density at radius 2 is 0.714 bits per heavy atom. The molecule has 0 heterocycles. The molecule has 0 saturated carbocycles. The van der Waals surface area contributed by atoms with Gasteiger partial charge in [0, 0.05) is 19.3 Å². The van der Waals surface area contributed by atoms with Crippen LogP contribution in [-0.4, -0.2) is 37.2 Å². The molecule has 350 valence electrons. The van der Waals surface area contributed by atoms with Gasteiger partial charge >= 0.3 is 17.9 Å². The first-order valence-electron chi connectivity index (χ1n) is 24.4. The highest BCUT2D eigenvalue weighted by Gasteiger charge is 2.19. The van der Waals surface area contributed by atoms with Crippen LogP contribution in [0.3, 0.4) is 0 Å². The topological polar surface area (TPSA) is 78.9 Å². The van der Waals surface area contributed by atoms with Crippen LogP contribution in [0.1, 0.15) is 175 Å². The molecule has 1 atom stereocenters. The van der Waals surface area contributed by atoms with Crippen LogP contribution in [0, 0.1) is 0 Å². The second kappa shape index (κ2) is 49.9. The fourth-order valence-electron chi connectivity index (χ4n) is 5.93. The maximum atomic E-state index is 12.7. The Kier molecular flexibility index (Phi) is 46.2. The number of hydrogen-bond donors (Lipinski definition) is 0. The van der Waals surface area contributed by atoms with Crippen molar-refractivity contribution >= 4 is 17.9 Å². The molecule has 0 fully saturated rings. The molecule has 0 aliphatic heterocycles. The van der Waals surface area contributed by atoms with Gasteiger partial charge in [-0.15, -0.1) is 0 Å². The molecule has 0 bridgehead atoms. The van der Waals surface area contributed by atoms with Crippen molar-refractivity contribution in [2.24, 2.45) is 0 Å². The third-order valence-corrected chi connectivity index (χ3v) is 9.53. The van der Waals surface area contributed by atoms with Gasteiger partial charge in [-0.1, -0.05) is 224 Å². The van der Waals surface area contributed by atoms with Crippen molar-refractivity contribution in [3.63, 3.8) is 0 Å². The minimum Gasteiger partial charge on any atom is -0.462 e. The van der Waals surface area contributed by atoms with Crippen molar-refractivity contribution in [2.75, 3.05) is 13.2 Å². The second-order valence-corrected chi connectivity index (χ2v) is 15.4. The lowest BCUT2D eigenvalue weighted by Gasteiger charge is -2.18. The van der Waals surface area contributed by atoms with Gasteiger partial charge in [-0.25, -0.2) is 0 Å². The molecule has 0 aromatic carbocycles. The summed E-state index contributed by atoms with van der Waals surface area (Å²) in [5.41, 5.74) is 0. The van der Waals surface area contributed by atoms with E-state index < -0.39 is 6.10 Å². The highest BCUT2D eigenvalue weighted by Crippen LogP contribution is 2.12. The van der Waals surface area contributed by atoms with Crippen LogP contribution in [0.25, 0.3) is 0 Å². The van der Waals surface area contributed by atoms with E-state index in [1.807, 2.05) is 72.9 Å². The summed E-state index contributed by atoms with van der Waals surface area (Å²) in [6.45, 7) is 6.23. The first kappa shape index (κ1) is 58.3. The van der Waals surface area contributed by atoms with E-state index in [2.05, 4.69) is 93.7 Å².